The molecule has 2 heterocycles. The van der Waals surface area contributed by atoms with E-state index in [1.165, 1.54) is 15.7 Å². The Morgan fingerprint density at radius 2 is 1.85 bits per heavy atom. The van der Waals surface area contributed by atoms with Gasteiger partial charge in [-0.25, -0.2) is 4.98 Å². The highest BCUT2D eigenvalue weighted by Gasteiger charge is 2.28. The minimum Gasteiger partial charge on any atom is -0.348 e. The molecule has 1 aromatic heterocycles. The van der Waals surface area contributed by atoms with E-state index in [4.69, 9.17) is 4.98 Å². The van der Waals surface area contributed by atoms with Crippen LogP contribution in [0.4, 0.5) is 5.13 Å². The van der Waals surface area contributed by atoms with Crippen molar-refractivity contribution in [1.82, 2.24) is 10.3 Å². The first kappa shape index (κ1) is 15.8. The topological polar surface area (TPSA) is 28.2 Å². The van der Waals surface area contributed by atoms with E-state index >= 15 is 0 Å². The van der Waals surface area contributed by atoms with Gasteiger partial charge in [-0.2, -0.15) is 0 Å². The van der Waals surface area contributed by atoms with Crippen molar-refractivity contribution in [3.05, 3.63) is 10.6 Å². The molecule has 0 spiro atoms. The summed E-state index contributed by atoms with van der Waals surface area (Å²) in [6, 6.07) is 0. The summed E-state index contributed by atoms with van der Waals surface area (Å²) in [6.07, 6.45) is 1.02. The molecule has 2 rings (SSSR count). The molecule has 1 aromatic rings. The van der Waals surface area contributed by atoms with Crippen LogP contribution in [0, 0.1) is 11.8 Å². The summed E-state index contributed by atoms with van der Waals surface area (Å²) < 4.78 is 0. The lowest BCUT2D eigenvalue weighted by Crippen LogP contribution is -2.35. The van der Waals surface area contributed by atoms with Crippen LogP contribution < -0.4 is 10.2 Å². The molecule has 4 heteroatoms. The predicted octanol–water partition coefficient (Wildman–Crippen LogP) is 3.69. The lowest BCUT2D eigenvalue weighted by atomic mass is 10.0. The van der Waals surface area contributed by atoms with Crippen molar-refractivity contribution in [2.24, 2.45) is 11.8 Å². The van der Waals surface area contributed by atoms with Gasteiger partial charge in [0.15, 0.2) is 5.13 Å². The molecule has 1 aliphatic rings. The Labute approximate surface area is 127 Å². The predicted molar refractivity (Wildman–Crippen MR) is 88.6 cm³/mol. The molecule has 3 nitrogen and oxygen atoms in total. The maximum Gasteiger partial charge on any atom is 0.185 e. The lowest BCUT2D eigenvalue weighted by molar-refractivity contribution is 0.425. The second-order valence-electron chi connectivity index (χ2n) is 7.18. The van der Waals surface area contributed by atoms with Crippen molar-refractivity contribution in [2.75, 3.05) is 18.0 Å². The fraction of sp³-hybridized carbons (Fsp3) is 0.812. The summed E-state index contributed by atoms with van der Waals surface area (Å²) in [6.45, 7) is 16.8. The Morgan fingerprint density at radius 3 is 2.35 bits per heavy atom. The number of aromatic nitrogens is 1. The van der Waals surface area contributed by atoms with Crippen molar-refractivity contribution >= 4 is 16.5 Å². The molecule has 0 bridgehead atoms. The monoisotopic (exact) mass is 295 g/mol. The highest BCUT2D eigenvalue weighted by atomic mass is 32.1. The van der Waals surface area contributed by atoms with Gasteiger partial charge in [-0.1, -0.05) is 20.8 Å². The summed E-state index contributed by atoms with van der Waals surface area (Å²) in [5.41, 5.74) is 1.43. The van der Waals surface area contributed by atoms with Crippen LogP contribution in [-0.2, 0) is 13.0 Å². The molecule has 0 aromatic carbocycles. The number of anilines is 1. The van der Waals surface area contributed by atoms with Crippen LogP contribution in [0.1, 0.15) is 52.1 Å². The third-order valence-corrected chi connectivity index (χ3v) is 5.30. The summed E-state index contributed by atoms with van der Waals surface area (Å²) in [5.74, 6) is 1.56. The Bertz CT molecular complexity index is 437. The summed E-state index contributed by atoms with van der Waals surface area (Å²) >= 11 is 1.88. The normalized spacial score (nSPS) is 23.6. The average Bonchev–Trinajstić information content (AvgIpc) is 2.90. The van der Waals surface area contributed by atoms with Gasteiger partial charge in [0.05, 0.1) is 5.69 Å². The molecule has 2 atom stereocenters. The van der Waals surface area contributed by atoms with Crippen LogP contribution in [0.15, 0.2) is 0 Å². The van der Waals surface area contributed by atoms with Crippen LogP contribution in [0.25, 0.3) is 0 Å². The van der Waals surface area contributed by atoms with Gasteiger partial charge in [-0.05, 0) is 39.0 Å². The van der Waals surface area contributed by atoms with Gasteiger partial charge in [-0.15, -0.1) is 11.3 Å². The van der Waals surface area contributed by atoms with Crippen LogP contribution in [-0.4, -0.2) is 23.6 Å². The average molecular weight is 295 g/mol. The quantitative estimate of drug-likeness (QED) is 0.918. The van der Waals surface area contributed by atoms with E-state index in [2.05, 4.69) is 51.8 Å². The number of rotatable bonds is 4. The van der Waals surface area contributed by atoms with Gasteiger partial charge in [0.2, 0.25) is 0 Å². The Balaban J connectivity index is 2.10. The largest absolute Gasteiger partial charge is 0.348 e. The second kappa shape index (κ2) is 6.02. The molecule has 0 aliphatic carbocycles. The fourth-order valence-corrected chi connectivity index (χ4v) is 3.66. The molecular formula is C16H29N3S. The molecule has 1 saturated heterocycles. The van der Waals surface area contributed by atoms with Gasteiger partial charge >= 0.3 is 0 Å². The molecule has 114 valence electrons. The van der Waals surface area contributed by atoms with Crippen molar-refractivity contribution in [1.29, 1.82) is 0 Å². The van der Waals surface area contributed by atoms with Crippen LogP contribution >= 0.6 is 11.3 Å². The van der Waals surface area contributed by atoms with Gasteiger partial charge in [0, 0.05) is 30.1 Å². The third-order valence-electron chi connectivity index (χ3n) is 4.14. The Kier molecular flexibility index (Phi) is 4.75. The first-order chi connectivity index (χ1) is 9.30. The van der Waals surface area contributed by atoms with Crippen molar-refractivity contribution in [3.63, 3.8) is 0 Å². The zero-order valence-corrected chi connectivity index (χ0v) is 14.6. The highest BCUT2D eigenvalue weighted by Crippen LogP contribution is 2.33. The van der Waals surface area contributed by atoms with Crippen molar-refractivity contribution < 1.29 is 0 Å². The number of aryl methyl sites for hydroxylation is 1. The molecule has 0 radical (unpaired) electrons. The van der Waals surface area contributed by atoms with E-state index in [-0.39, 0.29) is 5.54 Å². The van der Waals surface area contributed by atoms with E-state index in [9.17, 15) is 0 Å². The summed E-state index contributed by atoms with van der Waals surface area (Å²) in [7, 11) is 0. The van der Waals surface area contributed by atoms with E-state index in [1.54, 1.807) is 0 Å². The maximum absolute atomic E-state index is 4.88. The summed E-state index contributed by atoms with van der Waals surface area (Å²) in [4.78, 5) is 8.76. The molecule has 20 heavy (non-hydrogen) atoms. The lowest BCUT2D eigenvalue weighted by Gasteiger charge is -2.20. The Morgan fingerprint density at radius 1 is 1.25 bits per heavy atom. The minimum atomic E-state index is 0.159. The number of hydrogen-bond donors (Lipinski definition) is 1. The van der Waals surface area contributed by atoms with E-state index in [0.717, 1.165) is 37.9 Å². The molecule has 2 unspecified atom stereocenters. The second-order valence-corrected chi connectivity index (χ2v) is 8.25. The smallest absolute Gasteiger partial charge is 0.185 e. The van der Waals surface area contributed by atoms with E-state index in [0.29, 0.717) is 0 Å². The van der Waals surface area contributed by atoms with Crippen molar-refractivity contribution in [2.45, 2.75) is 60.0 Å². The zero-order chi connectivity index (χ0) is 14.9. The van der Waals surface area contributed by atoms with E-state index < -0.39 is 0 Å². The van der Waals surface area contributed by atoms with Gasteiger partial charge in [-0.3, -0.25) is 0 Å². The molecular weight excluding hydrogens is 266 g/mol. The number of hydrogen-bond acceptors (Lipinski definition) is 4. The molecule has 1 fully saturated rings. The van der Waals surface area contributed by atoms with Crippen LogP contribution in [0.3, 0.4) is 0 Å². The SMILES string of the molecule is CCc1nc(N2CC(C)C(C)C2)sc1CNC(C)(C)C. The standard InChI is InChI=1S/C16H29N3S/c1-7-13-14(8-17-16(4,5)6)20-15(18-13)19-9-11(2)12(3)10-19/h11-12,17H,7-10H2,1-6H3. The van der Waals surface area contributed by atoms with Crippen LogP contribution in [0.5, 0.6) is 0 Å². The molecule has 1 N–H and O–H groups in total. The number of nitrogens with zero attached hydrogens (tertiary/aromatic N) is 2. The number of thiazole rings is 1. The Hall–Kier alpha value is -0.610. The van der Waals surface area contributed by atoms with Crippen LogP contribution in [0.2, 0.25) is 0 Å². The molecule has 0 saturated carbocycles. The zero-order valence-electron chi connectivity index (χ0n) is 13.8. The first-order valence-electron chi connectivity index (χ1n) is 7.78. The van der Waals surface area contributed by atoms with Gasteiger partial charge in [0.25, 0.3) is 0 Å². The fourth-order valence-electron chi connectivity index (χ4n) is 2.55. The maximum atomic E-state index is 4.88. The number of nitrogens with one attached hydrogen (secondary N) is 1. The first-order valence-corrected chi connectivity index (χ1v) is 8.60. The minimum absolute atomic E-state index is 0.159. The van der Waals surface area contributed by atoms with Gasteiger partial charge < -0.3 is 10.2 Å². The third kappa shape index (κ3) is 3.73. The van der Waals surface area contributed by atoms with E-state index in [1.807, 2.05) is 11.3 Å². The highest BCUT2D eigenvalue weighted by molar-refractivity contribution is 7.15. The van der Waals surface area contributed by atoms with Crippen molar-refractivity contribution in [3.8, 4) is 0 Å². The van der Waals surface area contributed by atoms with Gasteiger partial charge in [0.1, 0.15) is 0 Å². The molecule has 0 amide bonds. The molecule has 1 aliphatic heterocycles. The summed E-state index contributed by atoms with van der Waals surface area (Å²) in [5, 5.41) is 4.81.